The van der Waals surface area contributed by atoms with Crippen LogP contribution in [0.2, 0.25) is 10.0 Å². The molecule has 1 fully saturated rings. The van der Waals surface area contributed by atoms with Crippen molar-refractivity contribution in [2.45, 2.75) is 23.5 Å². The normalized spacial score (nSPS) is 27.8. The van der Waals surface area contributed by atoms with Gasteiger partial charge >= 0.3 is 0 Å². The van der Waals surface area contributed by atoms with Crippen LogP contribution < -0.4 is 5.32 Å². The average molecular weight is 528 g/mol. The second kappa shape index (κ2) is 6.71. The largest absolute Gasteiger partial charge is 0.343 e. The van der Waals surface area contributed by atoms with Crippen LogP contribution in [0.1, 0.15) is 23.5 Å². The Kier molecular flexibility index (Phi) is 4.52. The van der Waals surface area contributed by atoms with E-state index < -0.39 is 11.2 Å². The van der Waals surface area contributed by atoms with Gasteiger partial charge in [-0.2, -0.15) is 0 Å². The Labute approximate surface area is 186 Å². The number of anilines is 1. The van der Waals surface area contributed by atoms with Gasteiger partial charge < -0.3 is 14.8 Å². The van der Waals surface area contributed by atoms with Crippen LogP contribution in [0, 0.1) is 0 Å². The summed E-state index contributed by atoms with van der Waals surface area (Å²) in [6.45, 7) is 1.07. The maximum atomic E-state index is 13.4. The lowest BCUT2D eigenvalue weighted by molar-refractivity contribution is -0.139. The van der Waals surface area contributed by atoms with E-state index in [1.807, 2.05) is 42.5 Å². The van der Waals surface area contributed by atoms with Crippen molar-refractivity contribution in [1.82, 2.24) is 0 Å². The van der Waals surface area contributed by atoms with Crippen molar-refractivity contribution in [3.8, 4) is 0 Å². The van der Waals surface area contributed by atoms with Gasteiger partial charge in [0.1, 0.15) is 5.41 Å². The molecule has 7 heteroatoms. The van der Waals surface area contributed by atoms with E-state index in [1.165, 1.54) is 0 Å². The molecular weight excluding hydrogens is 512 g/mol. The van der Waals surface area contributed by atoms with Gasteiger partial charge in [-0.05, 0) is 64.1 Å². The summed E-state index contributed by atoms with van der Waals surface area (Å²) in [4.78, 5) is 13.4. The SMILES string of the molecule is O=C1Nc2cc(Cl)ccc2[C@@]12C=C(I)C1(C[C@H]2c2cccc(Cl)c2)OCCO1. The highest BCUT2D eigenvalue weighted by molar-refractivity contribution is 14.1. The minimum Gasteiger partial charge on any atom is -0.343 e. The Morgan fingerprint density at radius 2 is 1.82 bits per heavy atom. The van der Waals surface area contributed by atoms with Crippen molar-refractivity contribution in [3.05, 3.63) is 73.3 Å². The van der Waals surface area contributed by atoms with Gasteiger partial charge in [0.15, 0.2) is 0 Å². The Morgan fingerprint density at radius 3 is 2.57 bits per heavy atom. The van der Waals surface area contributed by atoms with Crippen molar-refractivity contribution < 1.29 is 14.3 Å². The minimum atomic E-state index is -0.873. The maximum Gasteiger partial charge on any atom is 0.239 e. The van der Waals surface area contributed by atoms with Gasteiger partial charge in [-0.15, -0.1) is 0 Å². The molecule has 28 heavy (non-hydrogen) atoms. The molecule has 0 bridgehead atoms. The molecule has 1 amide bonds. The molecule has 1 saturated heterocycles. The summed E-state index contributed by atoms with van der Waals surface area (Å²) in [6, 6.07) is 13.2. The van der Waals surface area contributed by atoms with Crippen LogP contribution in [0.15, 0.2) is 52.1 Å². The number of benzene rings is 2. The zero-order valence-electron chi connectivity index (χ0n) is 14.7. The Balaban J connectivity index is 1.77. The van der Waals surface area contributed by atoms with Gasteiger partial charge in [0.05, 0.1) is 13.2 Å². The number of carbonyl (C=O) groups is 1. The summed E-state index contributed by atoms with van der Waals surface area (Å²) in [7, 11) is 0. The molecule has 2 spiro atoms. The molecule has 1 aliphatic carbocycles. The average Bonchev–Trinajstić information content (AvgIpc) is 3.23. The summed E-state index contributed by atoms with van der Waals surface area (Å²) in [5.74, 6) is -1.09. The van der Waals surface area contributed by atoms with Crippen LogP contribution in [0.3, 0.4) is 0 Å². The molecule has 0 saturated carbocycles. The lowest BCUT2D eigenvalue weighted by Crippen LogP contribution is -2.48. The van der Waals surface area contributed by atoms with Crippen molar-refractivity contribution in [2.75, 3.05) is 18.5 Å². The van der Waals surface area contributed by atoms with Gasteiger partial charge in [-0.25, -0.2) is 0 Å². The van der Waals surface area contributed by atoms with E-state index in [1.54, 1.807) is 6.07 Å². The number of rotatable bonds is 1. The van der Waals surface area contributed by atoms with E-state index in [0.717, 1.165) is 20.4 Å². The predicted molar refractivity (Wildman–Crippen MR) is 117 cm³/mol. The fourth-order valence-corrected chi connectivity index (χ4v) is 5.96. The molecule has 5 rings (SSSR count). The molecule has 4 nitrogen and oxygen atoms in total. The van der Waals surface area contributed by atoms with Crippen molar-refractivity contribution in [1.29, 1.82) is 0 Å². The summed E-state index contributed by atoms with van der Waals surface area (Å²) in [5, 5.41) is 4.25. The van der Waals surface area contributed by atoms with Gasteiger partial charge in [0.25, 0.3) is 0 Å². The fourth-order valence-electron chi connectivity index (χ4n) is 4.57. The number of hydrogen-bond acceptors (Lipinski definition) is 3. The lowest BCUT2D eigenvalue weighted by atomic mass is 9.63. The van der Waals surface area contributed by atoms with Crippen LogP contribution in [0.5, 0.6) is 0 Å². The van der Waals surface area contributed by atoms with E-state index in [2.05, 4.69) is 27.9 Å². The molecule has 144 valence electrons. The van der Waals surface area contributed by atoms with E-state index in [-0.39, 0.29) is 11.8 Å². The smallest absolute Gasteiger partial charge is 0.239 e. The summed E-state index contributed by atoms with van der Waals surface area (Å²) in [5.41, 5.74) is 1.76. The molecule has 0 radical (unpaired) electrons. The molecular formula is C21H16Cl2INO3. The van der Waals surface area contributed by atoms with Gasteiger partial charge in [-0.3, -0.25) is 4.79 Å². The van der Waals surface area contributed by atoms with E-state index >= 15 is 0 Å². The molecule has 0 aromatic heterocycles. The summed E-state index contributed by atoms with van der Waals surface area (Å²) in [6.07, 6.45) is 2.53. The standard InChI is InChI=1S/C21H16Cl2INO3/c22-13-3-1-2-12(8-13)16-10-21(27-6-7-28-21)18(24)11-20(16)15-5-4-14(23)9-17(15)25-19(20)26/h1-5,8-9,11,16H,6-7,10H2,(H,25,26)/t16-,20+/m0/s1. The highest BCUT2D eigenvalue weighted by Gasteiger charge is 2.59. The van der Waals surface area contributed by atoms with Crippen molar-refractivity contribution in [3.63, 3.8) is 0 Å². The number of nitrogens with one attached hydrogen (secondary N) is 1. The first-order valence-corrected chi connectivity index (χ1v) is 10.8. The van der Waals surface area contributed by atoms with Crippen LogP contribution in [0.25, 0.3) is 0 Å². The molecule has 0 unspecified atom stereocenters. The first kappa shape index (κ1) is 18.9. The van der Waals surface area contributed by atoms with Crippen LogP contribution in [0.4, 0.5) is 5.69 Å². The third kappa shape index (κ3) is 2.67. The number of carbonyl (C=O) groups excluding carboxylic acids is 1. The minimum absolute atomic E-state index is 0.0724. The highest BCUT2D eigenvalue weighted by atomic mass is 127. The highest BCUT2D eigenvalue weighted by Crippen LogP contribution is 2.58. The molecule has 2 aromatic rings. The number of ether oxygens (including phenoxy) is 2. The van der Waals surface area contributed by atoms with Gasteiger partial charge in [-0.1, -0.05) is 41.4 Å². The Bertz CT molecular complexity index is 1020. The van der Waals surface area contributed by atoms with E-state index in [0.29, 0.717) is 29.7 Å². The molecule has 1 N–H and O–H groups in total. The monoisotopic (exact) mass is 527 g/mol. The van der Waals surface area contributed by atoms with E-state index in [4.69, 9.17) is 32.7 Å². The fraction of sp³-hybridized carbons (Fsp3) is 0.286. The lowest BCUT2D eigenvalue weighted by Gasteiger charge is -2.44. The van der Waals surface area contributed by atoms with Gasteiger partial charge in [0, 0.05) is 31.7 Å². The molecule has 3 aliphatic rings. The van der Waals surface area contributed by atoms with Crippen molar-refractivity contribution >= 4 is 57.4 Å². The van der Waals surface area contributed by atoms with Crippen molar-refractivity contribution in [2.24, 2.45) is 0 Å². The number of amides is 1. The zero-order valence-corrected chi connectivity index (χ0v) is 18.3. The number of fused-ring (bicyclic) bond motifs is 2. The second-order valence-electron chi connectivity index (χ2n) is 7.27. The quantitative estimate of drug-likeness (QED) is 0.503. The Hall–Kier alpha value is -1.12. The Morgan fingerprint density at radius 1 is 1.07 bits per heavy atom. The number of hydrogen-bond donors (Lipinski definition) is 1. The number of halogens is 3. The summed E-state index contributed by atoms with van der Waals surface area (Å²) < 4.78 is 13.0. The molecule has 2 aromatic carbocycles. The zero-order chi connectivity index (χ0) is 19.5. The maximum absolute atomic E-state index is 13.4. The summed E-state index contributed by atoms with van der Waals surface area (Å²) >= 11 is 14.7. The molecule has 2 aliphatic heterocycles. The predicted octanol–water partition coefficient (Wildman–Crippen LogP) is 5.43. The molecule has 2 atom stereocenters. The van der Waals surface area contributed by atoms with Crippen LogP contribution in [-0.4, -0.2) is 24.9 Å². The third-order valence-corrected chi connectivity index (χ3v) is 7.40. The van der Waals surface area contributed by atoms with Gasteiger partial charge in [0.2, 0.25) is 11.7 Å². The third-order valence-electron chi connectivity index (χ3n) is 5.80. The van der Waals surface area contributed by atoms with Crippen LogP contribution >= 0.6 is 45.8 Å². The second-order valence-corrected chi connectivity index (χ2v) is 9.30. The topological polar surface area (TPSA) is 47.6 Å². The molecule has 2 heterocycles. The van der Waals surface area contributed by atoms with E-state index in [9.17, 15) is 4.79 Å². The van der Waals surface area contributed by atoms with Crippen LogP contribution in [-0.2, 0) is 19.7 Å². The first-order valence-electron chi connectivity index (χ1n) is 8.98. The first-order chi connectivity index (χ1) is 13.4.